The summed E-state index contributed by atoms with van der Waals surface area (Å²) >= 11 is 0. The van der Waals surface area contributed by atoms with E-state index in [2.05, 4.69) is 25.6 Å². The minimum atomic E-state index is -0.989. The van der Waals surface area contributed by atoms with Gasteiger partial charge in [0.2, 0.25) is 5.95 Å². The van der Waals surface area contributed by atoms with Crippen LogP contribution in [0.3, 0.4) is 0 Å². The maximum absolute atomic E-state index is 11.9. The number of carboxylic acids is 2. The molecular formula is C19H31N7O6. The smallest absolute Gasteiger partial charge is 0.320 e. The summed E-state index contributed by atoms with van der Waals surface area (Å²) in [7, 11) is 0. The number of rotatable bonds is 13. The Hall–Kier alpha value is -3.03. The fraction of sp³-hybridized carbons (Fsp3) is 0.632. The summed E-state index contributed by atoms with van der Waals surface area (Å²) in [6, 6.07) is -1.59. The van der Waals surface area contributed by atoms with Crippen LogP contribution >= 0.6 is 0 Å². The molecule has 2 rings (SSSR count). The summed E-state index contributed by atoms with van der Waals surface area (Å²) in [6.07, 6.45) is 0.792. The van der Waals surface area contributed by atoms with Crippen molar-refractivity contribution in [3.8, 4) is 0 Å². The molecule has 0 saturated carbocycles. The second kappa shape index (κ2) is 11.0. The molecule has 0 aromatic carbocycles. The number of hydrogen-bond donors (Lipinski definition) is 6. The van der Waals surface area contributed by atoms with Crippen molar-refractivity contribution in [3.63, 3.8) is 0 Å². The molecule has 2 aromatic heterocycles. The summed E-state index contributed by atoms with van der Waals surface area (Å²) in [5.74, 6) is -2.37. The number of fused-ring (bicyclic) bond motifs is 1. The number of nitrogen functional groups attached to an aromatic ring is 1. The predicted octanol–water partition coefficient (Wildman–Crippen LogP) is -0.558. The zero-order chi connectivity index (χ0) is 24.0. The zero-order valence-corrected chi connectivity index (χ0v) is 18.5. The second-order valence-corrected chi connectivity index (χ2v) is 8.19. The molecule has 2 atom stereocenters. The highest BCUT2D eigenvalue weighted by Crippen LogP contribution is 2.09. The van der Waals surface area contributed by atoms with Crippen LogP contribution in [0.5, 0.6) is 0 Å². The van der Waals surface area contributed by atoms with E-state index in [1.807, 2.05) is 0 Å². The molecule has 0 aliphatic carbocycles. The van der Waals surface area contributed by atoms with Gasteiger partial charge in [-0.15, -0.1) is 0 Å². The molecule has 7 N–H and O–H groups in total. The summed E-state index contributed by atoms with van der Waals surface area (Å²) in [5, 5.41) is 24.7. The van der Waals surface area contributed by atoms with E-state index >= 15 is 0 Å². The van der Waals surface area contributed by atoms with Gasteiger partial charge in [-0.3, -0.25) is 23.9 Å². The van der Waals surface area contributed by atoms with Gasteiger partial charge in [-0.2, -0.15) is 4.98 Å². The van der Waals surface area contributed by atoms with Gasteiger partial charge >= 0.3 is 11.9 Å². The van der Waals surface area contributed by atoms with Crippen LogP contribution in [0, 0.1) is 11.8 Å². The van der Waals surface area contributed by atoms with Gasteiger partial charge in [0.15, 0.2) is 11.2 Å². The lowest BCUT2D eigenvalue weighted by Crippen LogP contribution is -2.50. The minimum Gasteiger partial charge on any atom is -0.480 e. The molecule has 2 aromatic rings. The van der Waals surface area contributed by atoms with Crippen LogP contribution in [0.25, 0.3) is 11.2 Å². The van der Waals surface area contributed by atoms with Gasteiger partial charge in [-0.1, -0.05) is 27.7 Å². The molecular weight excluding hydrogens is 422 g/mol. The van der Waals surface area contributed by atoms with Crippen molar-refractivity contribution in [2.45, 2.75) is 52.6 Å². The molecule has 13 heteroatoms. The fourth-order valence-electron chi connectivity index (χ4n) is 3.17. The highest BCUT2D eigenvalue weighted by Gasteiger charge is 2.25. The zero-order valence-electron chi connectivity index (χ0n) is 18.5. The first-order chi connectivity index (χ1) is 15.0. The van der Waals surface area contributed by atoms with Crippen molar-refractivity contribution in [2.24, 2.45) is 11.8 Å². The third kappa shape index (κ3) is 6.48. The number of aromatic amines is 1. The number of nitrogens with two attached hydrogens (primary N) is 1. The Balaban J connectivity index is 2.15. The Labute approximate surface area is 184 Å². The van der Waals surface area contributed by atoms with Gasteiger partial charge in [-0.05, 0) is 11.8 Å². The second-order valence-electron chi connectivity index (χ2n) is 8.19. The Kier molecular flexibility index (Phi) is 8.69. The maximum atomic E-state index is 11.9. The van der Waals surface area contributed by atoms with Crippen molar-refractivity contribution < 1.29 is 24.5 Å². The number of hydrogen-bond acceptors (Lipinski definition) is 9. The highest BCUT2D eigenvalue weighted by molar-refractivity contribution is 5.74. The first-order valence-corrected chi connectivity index (χ1v) is 10.3. The third-order valence-corrected chi connectivity index (χ3v) is 4.94. The Morgan fingerprint density at radius 2 is 1.66 bits per heavy atom. The van der Waals surface area contributed by atoms with Crippen molar-refractivity contribution >= 4 is 29.1 Å². The summed E-state index contributed by atoms with van der Waals surface area (Å²) in [6.45, 7) is 7.37. The summed E-state index contributed by atoms with van der Waals surface area (Å²) in [4.78, 5) is 45.4. The van der Waals surface area contributed by atoms with Gasteiger partial charge in [-0.25, -0.2) is 4.98 Å². The molecule has 13 nitrogen and oxygen atoms in total. The lowest BCUT2D eigenvalue weighted by Gasteiger charge is -2.26. The van der Waals surface area contributed by atoms with E-state index in [1.165, 1.54) is 10.9 Å². The molecule has 178 valence electrons. The average Bonchev–Trinajstić information content (AvgIpc) is 3.07. The molecule has 0 saturated heterocycles. The number of anilines is 1. The van der Waals surface area contributed by atoms with Crippen LogP contribution in [0.4, 0.5) is 5.95 Å². The first-order valence-electron chi connectivity index (χ1n) is 10.3. The molecule has 0 bridgehead atoms. The molecule has 32 heavy (non-hydrogen) atoms. The Bertz CT molecular complexity index is 956. The lowest BCUT2D eigenvalue weighted by atomic mass is 10.0. The number of nitrogens with zero attached hydrogens (tertiary/aromatic N) is 3. The molecule has 0 aliphatic rings. The quantitative estimate of drug-likeness (QED) is 0.227. The van der Waals surface area contributed by atoms with Crippen LogP contribution in [0.15, 0.2) is 11.1 Å². The number of carbonyl (C=O) groups is 2. The van der Waals surface area contributed by atoms with Crippen LogP contribution in [-0.4, -0.2) is 72.9 Å². The number of aromatic nitrogens is 4. The highest BCUT2D eigenvalue weighted by atomic mass is 16.5. The topological polar surface area (TPSA) is 197 Å². The molecule has 0 amide bonds. The van der Waals surface area contributed by atoms with Crippen molar-refractivity contribution in [2.75, 3.05) is 18.8 Å². The average molecular weight is 454 g/mol. The van der Waals surface area contributed by atoms with Gasteiger partial charge in [0, 0.05) is 13.1 Å². The van der Waals surface area contributed by atoms with E-state index in [0.717, 1.165) is 0 Å². The molecule has 0 fully saturated rings. The van der Waals surface area contributed by atoms with E-state index < -0.39 is 35.7 Å². The molecule has 0 aliphatic heterocycles. The monoisotopic (exact) mass is 453 g/mol. The normalized spacial score (nSPS) is 13.8. The Morgan fingerprint density at radius 1 is 1.12 bits per heavy atom. The lowest BCUT2D eigenvalue weighted by molar-refractivity contribution is -0.141. The van der Waals surface area contributed by atoms with E-state index in [-0.39, 0.29) is 48.8 Å². The van der Waals surface area contributed by atoms with E-state index in [1.54, 1.807) is 27.7 Å². The van der Waals surface area contributed by atoms with Crippen molar-refractivity contribution in [1.82, 2.24) is 30.2 Å². The molecule has 0 radical (unpaired) electrons. The van der Waals surface area contributed by atoms with Crippen LogP contribution in [0.2, 0.25) is 0 Å². The van der Waals surface area contributed by atoms with E-state index in [4.69, 9.17) is 10.5 Å². The fourth-order valence-corrected chi connectivity index (χ4v) is 3.17. The van der Waals surface area contributed by atoms with Gasteiger partial charge in [0.05, 0.1) is 12.4 Å². The first kappa shape index (κ1) is 25.2. The number of carboxylic acid groups (broad SMARTS) is 2. The van der Waals surface area contributed by atoms with Crippen molar-refractivity contribution in [1.29, 1.82) is 0 Å². The Morgan fingerprint density at radius 3 is 2.12 bits per heavy atom. The molecule has 0 spiro atoms. The minimum absolute atomic E-state index is 0.0563. The largest absolute Gasteiger partial charge is 0.480 e. The SMILES string of the molecule is CC(C)[C@H](NCC(CN[C@H](C(=O)O)C(C)C)OCn1cnc2c(=O)[nH]c(N)nc21)C(=O)O. The third-order valence-electron chi connectivity index (χ3n) is 4.94. The van der Waals surface area contributed by atoms with Crippen LogP contribution < -0.4 is 21.9 Å². The predicted molar refractivity (Wildman–Crippen MR) is 116 cm³/mol. The number of aliphatic carboxylic acids is 2. The van der Waals surface area contributed by atoms with Crippen LogP contribution in [-0.2, 0) is 21.1 Å². The molecule has 0 unspecified atom stereocenters. The number of nitrogens with one attached hydrogen (secondary N) is 3. The van der Waals surface area contributed by atoms with Gasteiger partial charge in [0.1, 0.15) is 18.8 Å². The summed E-state index contributed by atoms with van der Waals surface area (Å²) in [5.41, 5.74) is 5.47. The van der Waals surface area contributed by atoms with E-state index in [0.29, 0.717) is 0 Å². The van der Waals surface area contributed by atoms with E-state index in [9.17, 15) is 24.6 Å². The number of ether oxygens (including phenoxy) is 1. The number of H-pyrrole nitrogens is 1. The van der Waals surface area contributed by atoms with Crippen LogP contribution in [0.1, 0.15) is 27.7 Å². The standard InChI is InChI=1S/C19H31N7O6/c1-9(2)12(17(28)29)21-5-11(6-22-13(10(3)4)18(30)31)32-8-26-7-23-14-15(26)24-19(20)25-16(14)27/h7,9-13,21-22H,5-6,8H2,1-4H3,(H,28,29)(H,30,31)(H3,20,24,25,27)/t12-,13-/m0/s1. The van der Waals surface area contributed by atoms with Crippen molar-refractivity contribution in [3.05, 3.63) is 16.7 Å². The van der Waals surface area contributed by atoms with Gasteiger partial charge < -0.3 is 31.3 Å². The maximum Gasteiger partial charge on any atom is 0.320 e. The van der Waals surface area contributed by atoms with Gasteiger partial charge in [0.25, 0.3) is 5.56 Å². The molecule has 2 heterocycles. The summed E-state index contributed by atoms with van der Waals surface area (Å²) < 4.78 is 7.40. The number of imidazole rings is 1.